The molecule has 0 atom stereocenters. The minimum absolute atomic E-state index is 0.0161. The largest absolute Gasteiger partial charge is 0.496 e. The minimum atomic E-state index is -0.607. The number of hydrogen-bond acceptors (Lipinski definition) is 6. The van der Waals surface area contributed by atoms with E-state index in [1.54, 1.807) is 0 Å². The molecule has 0 aromatic heterocycles. The van der Waals surface area contributed by atoms with Gasteiger partial charge in [0.05, 0.1) is 18.1 Å². The highest BCUT2D eigenvalue weighted by atomic mass is 16.6. The van der Waals surface area contributed by atoms with Gasteiger partial charge in [-0.1, -0.05) is 5.16 Å². The van der Waals surface area contributed by atoms with Crippen LogP contribution in [0.4, 0.5) is 5.69 Å². The minimum Gasteiger partial charge on any atom is -0.496 e. The van der Waals surface area contributed by atoms with Crippen molar-refractivity contribution in [2.45, 2.75) is 0 Å². The summed E-state index contributed by atoms with van der Waals surface area (Å²) in [4.78, 5) is 10.2. The van der Waals surface area contributed by atoms with Gasteiger partial charge in [0.25, 0.3) is 0 Å². The molecular formula is C9H11N3O5. The first-order valence-corrected chi connectivity index (χ1v) is 4.50. The summed E-state index contributed by atoms with van der Waals surface area (Å²) in [6.45, 7) is -0.246. The zero-order chi connectivity index (χ0) is 12.8. The van der Waals surface area contributed by atoms with Gasteiger partial charge in [-0.3, -0.25) is 10.1 Å². The van der Waals surface area contributed by atoms with Gasteiger partial charge >= 0.3 is 5.69 Å². The van der Waals surface area contributed by atoms with Crippen LogP contribution in [0, 0.1) is 10.1 Å². The second kappa shape index (κ2) is 5.54. The van der Waals surface area contributed by atoms with Gasteiger partial charge in [0.15, 0.2) is 11.6 Å². The quantitative estimate of drug-likeness (QED) is 0.258. The highest BCUT2D eigenvalue weighted by Crippen LogP contribution is 2.30. The van der Waals surface area contributed by atoms with Crippen molar-refractivity contribution in [3.8, 4) is 11.5 Å². The molecule has 0 aliphatic carbocycles. The number of methoxy groups -OCH3 is 1. The summed E-state index contributed by atoms with van der Waals surface area (Å²) in [6, 6.07) is 4.11. The third-order valence-electron chi connectivity index (χ3n) is 1.87. The fourth-order valence-corrected chi connectivity index (χ4v) is 1.07. The number of rotatable bonds is 5. The lowest BCUT2D eigenvalue weighted by Crippen LogP contribution is -2.21. The lowest BCUT2D eigenvalue weighted by molar-refractivity contribution is -0.385. The van der Waals surface area contributed by atoms with Crippen LogP contribution >= 0.6 is 0 Å². The number of amidine groups is 1. The Labute approximate surface area is 96.4 Å². The molecule has 1 rings (SSSR count). The van der Waals surface area contributed by atoms with Gasteiger partial charge < -0.3 is 20.4 Å². The molecule has 0 unspecified atom stereocenters. The molecule has 3 N–H and O–H groups in total. The molecule has 1 aromatic rings. The van der Waals surface area contributed by atoms with Crippen molar-refractivity contribution < 1.29 is 19.6 Å². The summed E-state index contributed by atoms with van der Waals surface area (Å²) in [7, 11) is 1.40. The molecule has 0 spiro atoms. The third kappa shape index (κ3) is 3.23. The average Bonchev–Trinajstić information content (AvgIpc) is 2.35. The SMILES string of the molecule is COc1ccc(OC/C(N)=N/O)c([N+](=O)[O-])c1. The molecule has 0 aliphatic rings. The van der Waals surface area contributed by atoms with Crippen LogP contribution in [0.15, 0.2) is 23.4 Å². The van der Waals surface area contributed by atoms with Gasteiger partial charge in [-0.25, -0.2) is 0 Å². The molecule has 0 bridgehead atoms. The predicted molar refractivity (Wildman–Crippen MR) is 58.6 cm³/mol. The Morgan fingerprint density at radius 1 is 1.65 bits per heavy atom. The average molecular weight is 241 g/mol. The van der Waals surface area contributed by atoms with Gasteiger partial charge in [-0.05, 0) is 12.1 Å². The van der Waals surface area contributed by atoms with Crippen LogP contribution in [-0.2, 0) is 0 Å². The van der Waals surface area contributed by atoms with Crippen molar-refractivity contribution in [3.05, 3.63) is 28.3 Å². The van der Waals surface area contributed by atoms with Crippen LogP contribution in [-0.4, -0.2) is 29.7 Å². The van der Waals surface area contributed by atoms with Crippen molar-refractivity contribution in [1.82, 2.24) is 0 Å². The Morgan fingerprint density at radius 2 is 2.35 bits per heavy atom. The second-order valence-corrected chi connectivity index (χ2v) is 2.97. The van der Waals surface area contributed by atoms with Crippen molar-refractivity contribution in [1.29, 1.82) is 0 Å². The topological polar surface area (TPSA) is 120 Å². The van der Waals surface area contributed by atoms with Gasteiger partial charge in [-0.2, -0.15) is 0 Å². The van der Waals surface area contributed by atoms with E-state index in [0.29, 0.717) is 5.75 Å². The van der Waals surface area contributed by atoms with E-state index in [1.807, 2.05) is 0 Å². The summed E-state index contributed by atoms with van der Waals surface area (Å²) in [5.74, 6) is 0.172. The predicted octanol–water partition coefficient (Wildman–Crippen LogP) is 0.729. The van der Waals surface area contributed by atoms with E-state index in [-0.39, 0.29) is 23.9 Å². The zero-order valence-corrected chi connectivity index (χ0v) is 8.99. The highest BCUT2D eigenvalue weighted by molar-refractivity contribution is 5.81. The first kappa shape index (κ1) is 12.6. The van der Waals surface area contributed by atoms with E-state index < -0.39 is 4.92 Å². The van der Waals surface area contributed by atoms with Crippen LogP contribution in [0.3, 0.4) is 0 Å². The van der Waals surface area contributed by atoms with Crippen LogP contribution in [0.25, 0.3) is 0 Å². The first-order chi connectivity index (χ1) is 8.08. The maximum Gasteiger partial charge on any atom is 0.314 e. The number of ether oxygens (including phenoxy) is 2. The van der Waals surface area contributed by atoms with Gasteiger partial charge in [0.2, 0.25) is 0 Å². The number of nitro groups is 1. The fraction of sp³-hybridized carbons (Fsp3) is 0.222. The molecule has 17 heavy (non-hydrogen) atoms. The second-order valence-electron chi connectivity index (χ2n) is 2.97. The maximum atomic E-state index is 10.8. The van der Waals surface area contributed by atoms with E-state index in [1.165, 1.54) is 25.3 Å². The summed E-state index contributed by atoms with van der Waals surface area (Å²) >= 11 is 0. The maximum absolute atomic E-state index is 10.8. The van der Waals surface area contributed by atoms with Crippen LogP contribution in [0.2, 0.25) is 0 Å². The number of nitro benzene ring substituents is 1. The molecule has 8 nitrogen and oxygen atoms in total. The van der Waals surface area contributed by atoms with Crippen LogP contribution < -0.4 is 15.2 Å². The lowest BCUT2D eigenvalue weighted by Gasteiger charge is -2.06. The van der Waals surface area contributed by atoms with Gasteiger partial charge in [0, 0.05) is 0 Å². The van der Waals surface area contributed by atoms with Crippen molar-refractivity contribution in [3.63, 3.8) is 0 Å². The molecule has 0 aliphatic heterocycles. The summed E-state index contributed by atoms with van der Waals surface area (Å²) in [5, 5.41) is 21.8. The molecular weight excluding hydrogens is 230 g/mol. The molecule has 0 fully saturated rings. The number of nitrogens with two attached hydrogens (primary N) is 1. The van der Waals surface area contributed by atoms with E-state index in [0.717, 1.165) is 0 Å². The van der Waals surface area contributed by atoms with Crippen molar-refractivity contribution >= 4 is 11.5 Å². The molecule has 92 valence electrons. The lowest BCUT2D eigenvalue weighted by atomic mass is 10.3. The Balaban J connectivity index is 2.94. The van der Waals surface area contributed by atoms with Gasteiger partial charge in [0.1, 0.15) is 12.4 Å². The summed E-state index contributed by atoms with van der Waals surface area (Å²) < 4.78 is 9.90. The van der Waals surface area contributed by atoms with Crippen LogP contribution in [0.1, 0.15) is 0 Å². The van der Waals surface area contributed by atoms with E-state index in [2.05, 4.69) is 5.16 Å². The fourth-order valence-electron chi connectivity index (χ4n) is 1.07. The van der Waals surface area contributed by atoms with Gasteiger partial charge in [-0.15, -0.1) is 0 Å². The Kier molecular flexibility index (Phi) is 4.09. The standard InChI is InChI=1S/C9H11N3O5/c1-16-6-2-3-8(7(4-6)12(14)15)17-5-9(10)11-13/h2-4,13H,5H2,1H3,(H2,10,11). The smallest absolute Gasteiger partial charge is 0.314 e. The normalized spacial score (nSPS) is 11.0. The zero-order valence-electron chi connectivity index (χ0n) is 8.99. The Hall–Kier alpha value is -2.51. The highest BCUT2D eigenvalue weighted by Gasteiger charge is 2.16. The Morgan fingerprint density at radius 3 is 2.88 bits per heavy atom. The van der Waals surface area contributed by atoms with E-state index in [9.17, 15) is 10.1 Å². The number of hydrogen-bond donors (Lipinski definition) is 2. The monoisotopic (exact) mass is 241 g/mol. The molecule has 0 heterocycles. The molecule has 0 amide bonds. The number of oxime groups is 1. The summed E-state index contributed by atoms with van der Waals surface area (Å²) in [6.07, 6.45) is 0. The molecule has 0 saturated carbocycles. The summed E-state index contributed by atoms with van der Waals surface area (Å²) in [5.41, 5.74) is 4.93. The molecule has 8 heteroatoms. The van der Waals surface area contributed by atoms with Crippen molar-refractivity contribution in [2.24, 2.45) is 10.9 Å². The number of benzene rings is 1. The molecule has 1 aromatic carbocycles. The number of nitrogens with zero attached hydrogens (tertiary/aromatic N) is 2. The molecule has 0 saturated heterocycles. The van der Waals surface area contributed by atoms with E-state index in [4.69, 9.17) is 20.4 Å². The van der Waals surface area contributed by atoms with E-state index >= 15 is 0 Å². The Bertz CT molecular complexity index is 446. The first-order valence-electron chi connectivity index (χ1n) is 4.50. The molecule has 0 radical (unpaired) electrons. The third-order valence-corrected chi connectivity index (χ3v) is 1.87. The van der Waals surface area contributed by atoms with Crippen LogP contribution in [0.5, 0.6) is 11.5 Å². The van der Waals surface area contributed by atoms with Crippen molar-refractivity contribution in [2.75, 3.05) is 13.7 Å².